The van der Waals surface area contributed by atoms with Gasteiger partial charge in [-0.2, -0.15) is 0 Å². The number of rotatable bonds is 11. The summed E-state index contributed by atoms with van der Waals surface area (Å²) < 4.78 is 0. The van der Waals surface area contributed by atoms with Crippen molar-refractivity contribution in [3.05, 3.63) is 182 Å². The predicted octanol–water partition coefficient (Wildman–Crippen LogP) is 8.27. The third-order valence-electron chi connectivity index (χ3n) is 7.76. The number of benzene rings is 6. The van der Waals surface area contributed by atoms with Crippen molar-refractivity contribution >= 4 is 67.9 Å². The van der Waals surface area contributed by atoms with Crippen LogP contribution in [-0.2, 0) is 0 Å². The molecule has 0 N–H and O–H groups in total. The monoisotopic (exact) mass is 616 g/mol. The molecule has 0 atom stereocenters. The van der Waals surface area contributed by atoms with Crippen molar-refractivity contribution < 1.29 is 0 Å². The van der Waals surface area contributed by atoms with E-state index in [1.165, 1.54) is 31.8 Å². The van der Waals surface area contributed by atoms with E-state index >= 15 is 0 Å². The minimum absolute atomic E-state index is 1.04. The van der Waals surface area contributed by atoms with E-state index in [0.717, 1.165) is 11.0 Å². The number of hydrogen-bond acceptors (Lipinski definition) is 2. The van der Waals surface area contributed by atoms with Crippen molar-refractivity contribution in [2.45, 2.75) is 0 Å². The van der Waals surface area contributed by atoms with E-state index < -0.39 is 14.5 Å². The van der Waals surface area contributed by atoms with E-state index in [1.54, 1.807) is 0 Å². The van der Waals surface area contributed by atoms with Crippen LogP contribution in [-0.4, -0.2) is 11.0 Å². The van der Waals surface area contributed by atoms with Gasteiger partial charge >= 0.3 is 0 Å². The van der Waals surface area contributed by atoms with Crippen LogP contribution in [0, 0.1) is 0 Å². The highest BCUT2D eigenvalue weighted by Gasteiger charge is 2.48. The second kappa shape index (κ2) is 13.9. The Morgan fingerprint density at radius 3 is 0.595 bits per heavy atom. The fourth-order valence-electron chi connectivity index (χ4n) is 5.67. The lowest BCUT2D eigenvalue weighted by Gasteiger charge is -2.29. The van der Waals surface area contributed by atoms with Gasteiger partial charge in [0, 0.05) is 0 Å². The van der Waals surface area contributed by atoms with E-state index in [9.17, 15) is 0 Å². The molecule has 0 saturated heterocycles. The Bertz CT molecular complexity index is 1330. The molecule has 0 saturated carbocycles. The highest BCUT2D eigenvalue weighted by molar-refractivity contribution is 8.79. The maximum atomic E-state index is 2.34. The molecule has 0 aromatic heterocycles. The fraction of sp³-hybridized carbons (Fsp3) is 0.0526. The highest BCUT2D eigenvalue weighted by Crippen LogP contribution is 2.63. The van der Waals surface area contributed by atoms with Crippen molar-refractivity contribution in [2.75, 3.05) is 11.0 Å². The Labute approximate surface area is 259 Å². The third-order valence-corrected chi connectivity index (χ3v) is 21.3. The van der Waals surface area contributed by atoms with Gasteiger partial charge in [0.1, 0.15) is 57.3 Å². The van der Waals surface area contributed by atoms with Crippen LogP contribution >= 0.6 is 36.1 Å². The van der Waals surface area contributed by atoms with Crippen LogP contribution in [0.2, 0.25) is 0 Å². The first kappa shape index (κ1) is 29.0. The summed E-state index contributed by atoms with van der Waals surface area (Å²) in [6.45, 7) is 0. The van der Waals surface area contributed by atoms with Crippen LogP contribution in [0.15, 0.2) is 182 Å². The Morgan fingerprint density at radius 2 is 0.429 bits per heavy atom. The minimum Gasteiger partial charge on any atom is -0.0620 e. The largest absolute Gasteiger partial charge is 0.129 e. The third kappa shape index (κ3) is 5.88. The Morgan fingerprint density at radius 1 is 0.262 bits per heavy atom. The van der Waals surface area contributed by atoms with Crippen molar-refractivity contribution in [3.63, 3.8) is 0 Å². The van der Waals surface area contributed by atoms with Crippen LogP contribution in [0.1, 0.15) is 0 Å². The zero-order valence-electron chi connectivity index (χ0n) is 23.4. The zero-order valence-corrected chi connectivity index (χ0v) is 26.9. The summed E-state index contributed by atoms with van der Waals surface area (Å²) in [6, 6.07) is 67.3. The SMILES string of the molecule is c1ccc([P+](CSSC[P+](c2ccccc2)(c2ccccc2)c2ccccc2)(c2ccccc2)c2ccccc2)cc1. The van der Waals surface area contributed by atoms with Crippen molar-refractivity contribution in [1.29, 1.82) is 0 Å². The molecule has 0 aliphatic heterocycles. The molecule has 0 bridgehead atoms. The lowest BCUT2D eigenvalue weighted by molar-refractivity contribution is 1.71. The zero-order chi connectivity index (χ0) is 28.5. The van der Waals surface area contributed by atoms with Gasteiger partial charge < -0.3 is 0 Å². The van der Waals surface area contributed by atoms with E-state index in [0.29, 0.717) is 0 Å². The Kier molecular flexibility index (Phi) is 9.59. The second-order valence-corrected chi connectivity index (χ2v) is 20.4. The average Bonchev–Trinajstić information content (AvgIpc) is 3.09. The molecule has 0 heterocycles. The molecular weight excluding hydrogens is 583 g/mol. The summed E-state index contributed by atoms with van der Waals surface area (Å²) in [7, 11) is 0.305. The average molecular weight is 617 g/mol. The standard InChI is InChI=1S/C38H34P2S2/c1-7-19-33(20-8-1)39(34-21-9-2-10-22-34,35-23-11-3-12-24-35)31-41-42-32-40(36-25-13-4-14-26-36,37-27-15-5-16-28-37)38-29-17-6-18-30-38/h1-30H,31-32H2/q+2. The molecule has 6 aromatic rings. The van der Waals surface area contributed by atoms with E-state index in [4.69, 9.17) is 0 Å². The first-order chi connectivity index (χ1) is 20.8. The molecule has 206 valence electrons. The number of hydrogen-bond donors (Lipinski definition) is 0. The van der Waals surface area contributed by atoms with Crippen LogP contribution < -0.4 is 31.8 Å². The van der Waals surface area contributed by atoms with E-state index in [-0.39, 0.29) is 0 Å². The fourth-order valence-corrected chi connectivity index (χ4v) is 21.2. The summed E-state index contributed by atoms with van der Waals surface area (Å²) in [6.07, 6.45) is 0. The summed E-state index contributed by atoms with van der Waals surface area (Å²) in [5, 5.41) is 8.62. The molecule has 0 amide bonds. The molecular formula is C38H34P2S2+2. The van der Waals surface area contributed by atoms with Gasteiger partial charge in [0.15, 0.2) is 0 Å². The van der Waals surface area contributed by atoms with Gasteiger partial charge in [-0.05, 0) is 94.4 Å². The molecule has 0 nitrogen and oxygen atoms in total. The summed E-state index contributed by atoms with van der Waals surface area (Å²) >= 11 is 0. The maximum absolute atomic E-state index is 2.34. The molecule has 0 aliphatic carbocycles. The molecule has 6 rings (SSSR count). The molecule has 42 heavy (non-hydrogen) atoms. The van der Waals surface area contributed by atoms with Crippen molar-refractivity contribution in [1.82, 2.24) is 0 Å². The second-order valence-electron chi connectivity index (χ2n) is 10.1. The van der Waals surface area contributed by atoms with E-state index in [2.05, 4.69) is 182 Å². The van der Waals surface area contributed by atoms with Gasteiger partial charge in [-0.25, -0.2) is 0 Å². The first-order valence-electron chi connectivity index (χ1n) is 14.2. The van der Waals surface area contributed by atoms with Crippen LogP contribution in [0.25, 0.3) is 0 Å². The smallest absolute Gasteiger partial charge is 0.0620 e. The summed E-state index contributed by atoms with van der Waals surface area (Å²) in [5.74, 6) is 0. The molecule has 0 fully saturated rings. The topological polar surface area (TPSA) is 0 Å². The molecule has 0 spiro atoms. The van der Waals surface area contributed by atoms with Crippen molar-refractivity contribution in [3.8, 4) is 0 Å². The molecule has 4 heteroatoms. The van der Waals surface area contributed by atoms with Gasteiger partial charge in [0.25, 0.3) is 0 Å². The lowest BCUT2D eigenvalue weighted by Crippen LogP contribution is -2.33. The van der Waals surface area contributed by atoms with Crippen LogP contribution in [0.5, 0.6) is 0 Å². The molecule has 0 radical (unpaired) electrons. The normalized spacial score (nSPS) is 11.7. The highest BCUT2D eigenvalue weighted by atomic mass is 33.1. The Hall–Kier alpha value is -3.12. The van der Waals surface area contributed by atoms with Crippen molar-refractivity contribution in [2.24, 2.45) is 0 Å². The quantitative estimate of drug-likeness (QED) is 0.0817. The lowest BCUT2D eigenvalue weighted by atomic mass is 10.4. The first-order valence-corrected chi connectivity index (χ1v) is 20.6. The summed E-state index contributed by atoms with van der Waals surface area (Å²) in [4.78, 5) is 0. The maximum Gasteiger partial charge on any atom is 0.129 e. The Balaban J connectivity index is 1.41. The van der Waals surface area contributed by atoms with Gasteiger partial charge in [0.05, 0.1) is 0 Å². The van der Waals surface area contributed by atoms with Gasteiger partial charge in [-0.3, -0.25) is 0 Å². The van der Waals surface area contributed by atoms with Crippen LogP contribution in [0.3, 0.4) is 0 Å². The minimum atomic E-state index is -1.90. The van der Waals surface area contributed by atoms with Gasteiger partial charge in [0.2, 0.25) is 0 Å². The summed E-state index contributed by atoms with van der Waals surface area (Å²) in [5.41, 5.74) is 2.07. The molecule has 0 unspecified atom stereocenters. The van der Waals surface area contributed by atoms with Gasteiger partial charge in [-0.15, -0.1) is 0 Å². The molecule has 0 aliphatic rings. The van der Waals surface area contributed by atoms with Crippen LogP contribution in [0.4, 0.5) is 0 Å². The van der Waals surface area contributed by atoms with E-state index in [1.807, 2.05) is 21.6 Å². The predicted molar refractivity (Wildman–Crippen MR) is 195 cm³/mol. The van der Waals surface area contributed by atoms with Gasteiger partial charge in [-0.1, -0.05) is 109 Å². The molecule has 6 aromatic carbocycles.